The zero-order valence-corrected chi connectivity index (χ0v) is 18.8. The van der Waals surface area contributed by atoms with Crippen molar-refractivity contribution in [3.05, 3.63) is 59.7 Å². The first-order valence-corrected chi connectivity index (χ1v) is 11.6. The quantitative estimate of drug-likeness (QED) is 0.171. The van der Waals surface area contributed by atoms with Crippen LogP contribution in [0, 0.1) is 0 Å². The number of aliphatic hydroxyl groups is 1. The van der Waals surface area contributed by atoms with Gasteiger partial charge in [-0.05, 0) is 24.6 Å². The minimum atomic E-state index is -1.94. The molecular weight excluding hydrogens is 446 g/mol. The van der Waals surface area contributed by atoms with Gasteiger partial charge in [-0.2, -0.15) is 0 Å². The molecule has 2 aromatic heterocycles. The molecule has 9 heteroatoms. The Balaban J connectivity index is 1.73. The summed E-state index contributed by atoms with van der Waals surface area (Å²) in [5.41, 5.74) is 3.75. The molecule has 3 unspecified atom stereocenters. The minimum Gasteiger partial charge on any atom is -0.376 e. The lowest BCUT2D eigenvalue weighted by atomic mass is 9.88. The van der Waals surface area contributed by atoms with Crippen molar-refractivity contribution in [2.24, 2.45) is 5.84 Å². The van der Waals surface area contributed by atoms with Crippen molar-refractivity contribution >= 4 is 55.4 Å². The molecule has 3 aliphatic heterocycles. The Morgan fingerprint density at radius 1 is 1.11 bits per heavy atom. The molecule has 0 aliphatic carbocycles. The van der Waals surface area contributed by atoms with E-state index >= 15 is 0 Å². The van der Waals surface area contributed by atoms with Crippen LogP contribution < -0.4 is 16.6 Å². The number of carbonyl (C=O) groups excluding carboxylic acids is 2. The summed E-state index contributed by atoms with van der Waals surface area (Å²) in [7, 11) is 0. The maximum absolute atomic E-state index is 13.2. The summed E-state index contributed by atoms with van der Waals surface area (Å²) in [5.74, 6) is 4.76. The summed E-state index contributed by atoms with van der Waals surface area (Å²) in [5, 5.41) is 18.6. The molecular formula is C26H21N5O4. The second-order valence-electron chi connectivity index (χ2n) is 9.82. The highest BCUT2D eigenvalue weighted by molar-refractivity contribution is 6.31. The van der Waals surface area contributed by atoms with Crippen LogP contribution in [0.5, 0.6) is 0 Å². The van der Waals surface area contributed by atoms with Gasteiger partial charge in [0.05, 0.1) is 27.6 Å². The smallest absolute Gasteiger partial charge is 0.271 e. The number of aromatic nitrogens is 2. The fourth-order valence-corrected chi connectivity index (χ4v) is 6.87. The lowest BCUT2D eigenvalue weighted by molar-refractivity contribution is -0.187. The highest BCUT2D eigenvalue weighted by Gasteiger charge is 2.64. The molecule has 8 rings (SSSR count). The molecule has 1 fully saturated rings. The van der Waals surface area contributed by atoms with E-state index in [0.717, 1.165) is 49.2 Å². The second-order valence-corrected chi connectivity index (χ2v) is 9.82. The topological polar surface area (TPSA) is 124 Å². The third-order valence-corrected chi connectivity index (χ3v) is 8.34. The van der Waals surface area contributed by atoms with Gasteiger partial charge < -0.3 is 24.3 Å². The van der Waals surface area contributed by atoms with Crippen LogP contribution in [-0.4, -0.2) is 31.7 Å². The highest BCUT2D eigenvalue weighted by Crippen LogP contribution is 2.57. The van der Waals surface area contributed by atoms with E-state index in [0.29, 0.717) is 12.1 Å². The Hall–Kier alpha value is -3.92. The summed E-state index contributed by atoms with van der Waals surface area (Å²) in [6.45, 7) is 2.15. The number of hydrogen-bond donors (Lipinski definition) is 4. The van der Waals surface area contributed by atoms with Gasteiger partial charge in [-0.3, -0.25) is 15.0 Å². The van der Waals surface area contributed by atoms with Crippen molar-refractivity contribution < 1.29 is 19.4 Å². The van der Waals surface area contributed by atoms with Crippen LogP contribution in [0.15, 0.2) is 48.5 Å². The van der Waals surface area contributed by atoms with Crippen molar-refractivity contribution in [1.29, 1.82) is 0 Å². The SMILES string of the molecule is CC12OC(CC1(O)C(=O)NN)n1c3ccccc3c3c4c(c5c6ccccc6n2c5c31)CNC4=O. The molecule has 35 heavy (non-hydrogen) atoms. The summed E-state index contributed by atoms with van der Waals surface area (Å²) >= 11 is 0. The molecule has 5 heterocycles. The van der Waals surface area contributed by atoms with Gasteiger partial charge in [0, 0.05) is 34.5 Å². The monoisotopic (exact) mass is 467 g/mol. The largest absolute Gasteiger partial charge is 0.376 e. The first kappa shape index (κ1) is 19.4. The summed E-state index contributed by atoms with van der Waals surface area (Å²) in [6.07, 6.45) is -0.661. The standard InChI is InChI=1S/C26H21N5O4/c1-25-26(34,24(33)29-27)10-17(35-25)30-15-8-4-2-6-12(15)19-20-14(11-28-23(20)32)18-13-7-3-5-9-16(13)31(25)22(18)21(19)30/h2-9,17,34H,10-11,27H2,1H3,(H,28,32)(H,29,33). The van der Waals surface area contributed by atoms with E-state index in [2.05, 4.69) is 10.7 Å². The van der Waals surface area contributed by atoms with Gasteiger partial charge in [0.2, 0.25) is 0 Å². The number of benzene rings is 3. The van der Waals surface area contributed by atoms with E-state index in [-0.39, 0.29) is 12.3 Å². The number of nitrogens with two attached hydrogens (primary N) is 1. The maximum Gasteiger partial charge on any atom is 0.271 e. The third-order valence-electron chi connectivity index (χ3n) is 8.34. The number of ether oxygens (including phenoxy) is 1. The number of fused-ring (bicyclic) bond motifs is 13. The fourth-order valence-electron chi connectivity index (χ4n) is 6.87. The maximum atomic E-state index is 13.2. The summed E-state index contributed by atoms with van der Waals surface area (Å²) in [4.78, 5) is 26.3. The van der Waals surface area contributed by atoms with Gasteiger partial charge in [-0.25, -0.2) is 5.84 Å². The Morgan fingerprint density at radius 3 is 2.54 bits per heavy atom. The van der Waals surface area contributed by atoms with Gasteiger partial charge in [0.15, 0.2) is 11.3 Å². The van der Waals surface area contributed by atoms with Gasteiger partial charge in [-0.15, -0.1) is 0 Å². The van der Waals surface area contributed by atoms with E-state index in [4.69, 9.17) is 10.6 Å². The fraction of sp³-hybridized carbons (Fsp3) is 0.231. The van der Waals surface area contributed by atoms with Gasteiger partial charge in [0.25, 0.3) is 11.8 Å². The van der Waals surface area contributed by atoms with Crippen LogP contribution in [-0.2, 0) is 21.8 Å². The van der Waals surface area contributed by atoms with E-state index in [1.54, 1.807) is 6.92 Å². The lowest BCUT2D eigenvalue weighted by Gasteiger charge is -2.38. The number of rotatable bonds is 1. The minimum absolute atomic E-state index is 0.00295. The summed E-state index contributed by atoms with van der Waals surface area (Å²) < 4.78 is 10.6. The Morgan fingerprint density at radius 2 is 1.80 bits per heavy atom. The molecule has 5 aromatic rings. The highest BCUT2D eigenvalue weighted by atomic mass is 16.6. The number of para-hydroxylation sites is 2. The van der Waals surface area contributed by atoms with Crippen LogP contribution >= 0.6 is 0 Å². The number of amides is 2. The predicted octanol–water partition coefficient (Wildman–Crippen LogP) is 2.47. The molecule has 2 bridgehead atoms. The van der Waals surface area contributed by atoms with Crippen molar-refractivity contribution in [2.75, 3.05) is 0 Å². The van der Waals surface area contributed by atoms with E-state index in [1.807, 2.05) is 57.7 Å². The number of nitrogens with one attached hydrogen (secondary N) is 2. The van der Waals surface area contributed by atoms with Crippen molar-refractivity contribution in [3.63, 3.8) is 0 Å². The Labute approximate surface area is 198 Å². The molecule has 3 aliphatic rings. The number of nitrogens with zero attached hydrogens (tertiary/aromatic N) is 2. The molecule has 1 saturated heterocycles. The Kier molecular flexibility index (Phi) is 3.23. The molecule has 9 nitrogen and oxygen atoms in total. The van der Waals surface area contributed by atoms with Crippen molar-refractivity contribution in [3.8, 4) is 0 Å². The first-order chi connectivity index (χ1) is 16.9. The molecule has 0 saturated carbocycles. The zero-order valence-electron chi connectivity index (χ0n) is 18.8. The molecule has 3 atom stereocenters. The van der Waals surface area contributed by atoms with Gasteiger partial charge in [-0.1, -0.05) is 36.4 Å². The molecule has 2 amide bonds. The molecule has 0 radical (unpaired) electrons. The molecule has 174 valence electrons. The third kappa shape index (κ3) is 1.89. The zero-order chi connectivity index (χ0) is 23.9. The van der Waals surface area contributed by atoms with E-state index in [9.17, 15) is 14.7 Å². The van der Waals surface area contributed by atoms with Crippen LogP contribution in [0.25, 0.3) is 43.6 Å². The lowest BCUT2D eigenvalue weighted by Crippen LogP contribution is -2.60. The van der Waals surface area contributed by atoms with Crippen molar-refractivity contribution in [1.82, 2.24) is 19.9 Å². The average Bonchev–Trinajstić information content (AvgIpc) is 3.55. The summed E-state index contributed by atoms with van der Waals surface area (Å²) in [6, 6.07) is 15.7. The predicted molar refractivity (Wildman–Crippen MR) is 129 cm³/mol. The van der Waals surface area contributed by atoms with Crippen LogP contribution in [0.2, 0.25) is 0 Å². The second kappa shape index (κ2) is 5.83. The Bertz CT molecular complexity index is 1830. The van der Waals surface area contributed by atoms with Gasteiger partial charge in [0.1, 0.15) is 6.23 Å². The van der Waals surface area contributed by atoms with E-state index in [1.165, 1.54) is 0 Å². The van der Waals surface area contributed by atoms with Crippen LogP contribution in [0.4, 0.5) is 0 Å². The molecule has 3 aromatic carbocycles. The van der Waals surface area contributed by atoms with Crippen LogP contribution in [0.1, 0.15) is 35.5 Å². The normalized spacial score (nSPS) is 26.7. The molecule has 5 N–H and O–H groups in total. The first-order valence-electron chi connectivity index (χ1n) is 11.6. The number of hydrazine groups is 1. The van der Waals surface area contributed by atoms with E-state index < -0.39 is 23.5 Å². The number of carbonyl (C=O) groups is 2. The van der Waals surface area contributed by atoms with Crippen molar-refractivity contribution in [2.45, 2.75) is 37.4 Å². The van der Waals surface area contributed by atoms with Gasteiger partial charge >= 0.3 is 0 Å². The average molecular weight is 467 g/mol. The number of hydrogen-bond acceptors (Lipinski definition) is 5. The van der Waals surface area contributed by atoms with Crippen LogP contribution in [0.3, 0.4) is 0 Å². The molecule has 0 spiro atoms.